The lowest BCUT2D eigenvalue weighted by Crippen LogP contribution is -2.60. The predicted octanol–water partition coefficient (Wildman–Crippen LogP) is 4.41. The molecule has 1 aromatic heterocycles. The fraction of sp³-hybridized carbons (Fsp3) is 0.600. The average molecular weight is 426 g/mol. The van der Waals surface area contributed by atoms with Gasteiger partial charge in [-0.3, -0.25) is 4.79 Å². The van der Waals surface area contributed by atoms with Crippen molar-refractivity contribution in [2.45, 2.75) is 77.7 Å². The molecule has 1 saturated heterocycles. The molecule has 1 N–H and O–H groups in total. The molecule has 0 unspecified atom stereocenters. The van der Waals surface area contributed by atoms with Gasteiger partial charge in [0.2, 0.25) is 5.91 Å². The molecule has 0 bridgehead atoms. The number of hydrogen-bond donors (Lipinski definition) is 1. The quantitative estimate of drug-likeness (QED) is 0.771. The number of amides is 1. The Hall–Kier alpha value is -2.34. The first-order valence-electron chi connectivity index (χ1n) is 11.4. The number of methoxy groups -OCH3 is 1. The fourth-order valence-corrected chi connectivity index (χ4v) is 5.62. The highest BCUT2D eigenvalue weighted by Gasteiger charge is 2.49. The van der Waals surface area contributed by atoms with E-state index in [0.29, 0.717) is 18.4 Å². The van der Waals surface area contributed by atoms with Crippen molar-refractivity contribution in [3.8, 4) is 5.75 Å². The number of benzene rings is 1. The third-order valence-electron chi connectivity index (χ3n) is 7.22. The second kappa shape index (κ2) is 8.65. The summed E-state index contributed by atoms with van der Waals surface area (Å²) in [5, 5.41) is 3.30. The van der Waals surface area contributed by atoms with Gasteiger partial charge >= 0.3 is 0 Å². The first-order valence-corrected chi connectivity index (χ1v) is 11.4. The minimum absolute atomic E-state index is 0.0338. The number of nitrogens with one attached hydrogen (secondary N) is 1. The van der Waals surface area contributed by atoms with Crippen molar-refractivity contribution < 1.29 is 14.3 Å². The highest BCUT2D eigenvalue weighted by atomic mass is 16.5. The molecule has 0 spiro atoms. The summed E-state index contributed by atoms with van der Waals surface area (Å²) in [7, 11) is 1.71. The molecule has 6 heteroatoms. The van der Waals surface area contributed by atoms with E-state index in [1.165, 1.54) is 6.42 Å². The minimum atomic E-state index is -0.263. The van der Waals surface area contributed by atoms with E-state index >= 15 is 0 Å². The number of nitrogens with zero attached hydrogens (tertiary/aromatic N) is 2. The van der Waals surface area contributed by atoms with Gasteiger partial charge < -0.3 is 19.4 Å². The minimum Gasteiger partial charge on any atom is -0.496 e. The number of ether oxygens (including phenoxy) is 2. The molecule has 4 rings (SSSR count). The van der Waals surface area contributed by atoms with Gasteiger partial charge in [0.15, 0.2) is 0 Å². The molecule has 1 saturated carbocycles. The summed E-state index contributed by atoms with van der Waals surface area (Å²) in [6, 6.07) is 6.34. The van der Waals surface area contributed by atoms with Crippen LogP contribution in [0.2, 0.25) is 0 Å². The van der Waals surface area contributed by atoms with Crippen molar-refractivity contribution in [1.29, 1.82) is 0 Å². The Morgan fingerprint density at radius 2 is 2.19 bits per heavy atom. The monoisotopic (exact) mass is 425 g/mol. The van der Waals surface area contributed by atoms with E-state index in [4.69, 9.17) is 9.47 Å². The van der Waals surface area contributed by atoms with E-state index < -0.39 is 0 Å². The smallest absolute Gasteiger partial charge is 0.217 e. The van der Waals surface area contributed by atoms with Gasteiger partial charge in [0.1, 0.15) is 11.6 Å². The van der Waals surface area contributed by atoms with Crippen molar-refractivity contribution in [3.63, 3.8) is 0 Å². The van der Waals surface area contributed by atoms with Crippen LogP contribution in [-0.4, -0.2) is 34.2 Å². The van der Waals surface area contributed by atoms with Crippen LogP contribution in [0.3, 0.4) is 0 Å². The van der Waals surface area contributed by atoms with Crippen molar-refractivity contribution in [2.75, 3.05) is 7.11 Å². The lowest BCUT2D eigenvalue weighted by atomic mass is 9.66. The van der Waals surface area contributed by atoms with Crippen LogP contribution in [0.1, 0.15) is 69.5 Å². The molecular weight excluding hydrogens is 390 g/mol. The van der Waals surface area contributed by atoms with Crippen LogP contribution in [0.4, 0.5) is 0 Å². The largest absolute Gasteiger partial charge is 0.496 e. The maximum absolute atomic E-state index is 12.1. The highest BCUT2D eigenvalue weighted by molar-refractivity contribution is 5.73. The molecule has 1 aliphatic carbocycles. The maximum atomic E-state index is 12.1. The summed E-state index contributed by atoms with van der Waals surface area (Å²) in [4.78, 5) is 16.4. The third-order valence-corrected chi connectivity index (χ3v) is 7.22. The molecule has 0 radical (unpaired) electrons. The Morgan fingerprint density at radius 3 is 2.87 bits per heavy atom. The zero-order chi connectivity index (χ0) is 22.2. The van der Waals surface area contributed by atoms with Crippen LogP contribution in [0, 0.1) is 18.8 Å². The molecule has 6 nitrogen and oxygen atoms in total. The molecule has 5 atom stereocenters. The van der Waals surface area contributed by atoms with Gasteiger partial charge in [0, 0.05) is 42.8 Å². The van der Waals surface area contributed by atoms with Crippen LogP contribution in [0.15, 0.2) is 30.6 Å². The molecule has 2 aliphatic rings. The first-order chi connectivity index (χ1) is 14.8. The molecule has 2 fully saturated rings. The van der Waals surface area contributed by atoms with Crippen LogP contribution in [0.25, 0.3) is 0 Å². The van der Waals surface area contributed by atoms with E-state index in [9.17, 15) is 4.79 Å². The van der Waals surface area contributed by atoms with E-state index in [1.54, 1.807) is 14.0 Å². The van der Waals surface area contributed by atoms with Crippen molar-refractivity contribution >= 4 is 5.91 Å². The van der Waals surface area contributed by atoms with Gasteiger partial charge in [0.25, 0.3) is 0 Å². The predicted molar refractivity (Wildman–Crippen MR) is 120 cm³/mol. The SMILES string of the molecule is COc1ccc([C@H]2C[C@@](C)(NC(C)=O)[C@@H]3CC[C@@H](C)C[C@H]3O2)cc1Cn1ccnc1C. The van der Waals surface area contributed by atoms with Gasteiger partial charge in [-0.1, -0.05) is 19.4 Å². The number of carbonyl (C=O) groups excluding carboxylic acids is 1. The number of aryl methyl sites for hydroxylation is 1. The third kappa shape index (κ3) is 4.49. The summed E-state index contributed by atoms with van der Waals surface area (Å²) in [6.07, 6.45) is 8.04. The van der Waals surface area contributed by atoms with Gasteiger partial charge in [-0.2, -0.15) is 0 Å². The molecule has 1 amide bonds. The highest BCUT2D eigenvalue weighted by Crippen LogP contribution is 2.48. The average Bonchev–Trinajstić information content (AvgIpc) is 3.11. The Morgan fingerprint density at radius 1 is 1.39 bits per heavy atom. The summed E-state index contributed by atoms with van der Waals surface area (Å²) in [5.41, 5.74) is 1.98. The van der Waals surface area contributed by atoms with Gasteiger partial charge in [-0.15, -0.1) is 0 Å². The van der Waals surface area contributed by atoms with E-state index in [-0.39, 0.29) is 23.7 Å². The zero-order valence-electron chi connectivity index (χ0n) is 19.4. The number of hydrogen-bond acceptors (Lipinski definition) is 4. The number of fused-ring (bicyclic) bond motifs is 1. The second-order valence-electron chi connectivity index (χ2n) is 9.66. The second-order valence-corrected chi connectivity index (χ2v) is 9.66. The molecule has 1 aliphatic heterocycles. The molecule has 31 heavy (non-hydrogen) atoms. The molecule has 2 heterocycles. The Bertz CT molecular complexity index is 940. The number of aromatic nitrogens is 2. The molecule has 2 aromatic rings. The lowest BCUT2D eigenvalue weighted by molar-refractivity contribution is -0.153. The standard InChI is InChI=1S/C25H35N3O3/c1-16-6-8-21-23(12-16)31-24(14-25(21,4)27-18(3)29)19-7-9-22(30-5)20(13-19)15-28-11-10-26-17(28)2/h7,9-11,13,16,21,23-24H,6,8,12,14-15H2,1-5H3,(H,27,29)/t16-,21-,23-,24-,25-/m1/s1. The Balaban J connectivity index is 1.65. The topological polar surface area (TPSA) is 65.4 Å². The molecule has 1 aromatic carbocycles. The van der Waals surface area contributed by atoms with E-state index in [1.807, 2.05) is 25.4 Å². The van der Waals surface area contributed by atoms with E-state index in [0.717, 1.165) is 42.0 Å². The summed E-state index contributed by atoms with van der Waals surface area (Å²) in [5.74, 6) is 2.87. The molecule has 168 valence electrons. The summed E-state index contributed by atoms with van der Waals surface area (Å²) < 4.78 is 14.5. The first kappa shape index (κ1) is 21.9. The lowest BCUT2D eigenvalue weighted by Gasteiger charge is -2.52. The zero-order valence-corrected chi connectivity index (χ0v) is 19.4. The number of imidazole rings is 1. The van der Waals surface area contributed by atoms with Crippen LogP contribution in [-0.2, 0) is 16.1 Å². The van der Waals surface area contributed by atoms with Crippen LogP contribution in [0.5, 0.6) is 5.75 Å². The normalized spacial score (nSPS) is 30.5. The maximum Gasteiger partial charge on any atom is 0.217 e. The Labute approximate surface area is 185 Å². The Kier molecular flexibility index (Phi) is 6.11. The molecular formula is C25H35N3O3. The van der Waals surface area contributed by atoms with Gasteiger partial charge in [-0.05, 0) is 50.3 Å². The van der Waals surface area contributed by atoms with Gasteiger partial charge in [-0.25, -0.2) is 4.98 Å². The van der Waals surface area contributed by atoms with Crippen molar-refractivity contribution in [3.05, 3.63) is 47.5 Å². The van der Waals surface area contributed by atoms with E-state index in [2.05, 4.69) is 40.8 Å². The number of carbonyl (C=O) groups is 1. The number of rotatable bonds is 5. The fourth-order valence-electron chi connectivity index (χ4n) is 5.62. The van der Waals surface area contributed by atoms with Crippen molar-refractivity contribution in [1.82, 2.24) is 14.9 Å². The van der Waals surface area contributed by atoms with Crippen LogP contribution < -0.4 is 10.1 Å². The van der Waals surface area contributed by atoms with Gasteiger partial charge in [0.05, 0.1) is 25.9 Å². The van der Waals surface area contributed by atoms with Crippen LogP contribution >= 0.6 is 0 Å². The van der Waals surface area contributed by atoms with Crippen molar-refractivity contribution in [2.24, 2.45) is 11.8 Å². The summed E-state index contributed by atoms with van der Waals surface area (Å²) >= 11 is 0. The summed E-state index contributed by atoms with van der Waals surface area (Å²) in [6.45, 7) is 8.83.